The van der Waals surface area contributed by atoms with E-state index < -0.39 is 0 Å². The minimum absolute atomic E-state index is 0.829. The molecular weight excluding hydrogens is 182 g/mol. The maximum absolute atomic E-state index is 5.65. The van der Waals surface area contributed by atoms with E-state index in [0.717, 1.165) is 24.5 Å². The quantitative estimate of drug-likeness (QED) is 0.447. The molecule has 1 aromatic carbocycles. The van der Waals surface area contributed by atoms with Crippen molar-refractivity contribution in [1.82, 2.24) is 0 Å². The van der Waals surface area contributed by atoms with Gasteiger partial charge in [0.05, 0.1) is 0 Å². The molecule has 0 spiro atoms. The van der Waals surface area contributed by atoms with E-state index in [1.807, 2.05) is 30.0 Å². The van der Waals surface area contributed by atoms with Crippen molar-refractivity contribution in [1.29, 1.82) is 0 Å². The molecule has 0 unspecified atom stereocenters. The van der Waals surface area contributed by atoms with E-state index in [1.165, 1.54) is 4.90 Å². The smallest absolute Gasteiger partial charge is 0.0470 e. The second kappa shape index (κ2) is 5.89. The molecule has 3 heteroatoms. The van der Waals surface area contributed by atoms with Crippen LogP contribution in [0.1, 0.15) is 6.42 Å². The first-order valence-corrected chi connectivity index (χ1v) is 5.29. The van der Waals surface area contributed by atoms with E-state index >= 15 is 0 Å². The third-order valence-corrected chi connectivity index (χ3v) is 2.70. The van der Waals surface area contributed by atoms with E-state index in [0.29, 0.717) is 0 Å². The second-order valence-electron chi connectivity index (χ2n) is 2.77. The van der Waals surface area contributed by atoms with Crippen LogP contribution in [-0.2, 0) is 4.74 Å². The monoisotopic (exact) mass is 197 g/mol. The van der Waals surface area contributed by atoms with E-state index in [-0.39, 0.29) is 0 Å². The van der Waals surface area contributed by atoms with Crippen molar-refractivity contribution in [3.8, 4) is 0 Å². The highest BCUT2D eigenvalue weighted by atomic mass is 32.2. The predicted molar refractivity (Wildman–Crippen MR) is 58.1 cm³/mol. The highest BCUT2D eigenvalue weighted by Crippen LogP contribution is 2.20. The van der Waals surface area contributed by atoms with Gasteiger partial charge in [0.1, 0.15) is 0 Å². The third-order valence-electron chi connectivity index (χ3n) is 1.62. The third kappa shape index (κ3) is 4.20. The molecule has 0 aliphatic rings. The fraction of sp³-hybridized carbons (Fsp3) is 0.400. The lowest BCUT2D eigenvalue weighted by Crippen LogP contribution is -1.90. The number of rotatable bonds is 5. The van der Waals surface area contributed by atoms with Gasteiger partial charge in [0.15, 0.2) is 0 Å². The zero-order valence-electron chi connectivity index (χ0n) is 7.82. The van der Waals surface area contributed by atoms with Crippen molar-refractivity contribution >= 4 is 17.4 Å². The summed E-state index contributed by atoms with van der Waals surface area (Å²) in [5.41, 5.74) is 6.48. The molecule has 1 rings (SSSR count). The summed E-state index contributed by atoms with van der Waals surface area (Å²) in [5, 5.41) is 0. The van der Waals surface area contributed by atoms with Crippen LogP contribution in [-0.4, -0.2) is 19.5 Å². The number of methoxy groups -OCH3 is 1. The Balaban J connectivity index is 2.28. The average Bonchev–Trinajstić information content (AvgIpc) is 2.13. The number of hydrogen-bond donors (Lipinski definition) is 1. The summed E-state index contributed by atoms with van der Waals surface area (Å²) in [4.78, 5) is 1.23. The van der Waals surface area contributed by atoms with E-state index in [1.54, 1.807) is 7.11 Å². The Hall–Kier alpha value is -0.670. The van der Waals surface area contributed by atoms with Crippen LogP contribution in [0.5, 0.6) is 0 Å². The zero-order chi connectivity index (χ0) is 9.52. The molecule has 0 radical (unpaired) electrons. The number of thioether (sulfide) groups is 1. The summed E-state index contributed by atoms with van der Waals surface area (Å²) in [5.74, 6) is 1.08. The van der Waals surface area contributed by atoms with Crippen molar-refractivity contribution < 1.29 is 4.74 Å². The van der Waals surface area contributed by atoms with Gasteiger partial charge in [-0.25, -0.2) is 0 Å². The molecule has 0 saturated carbocycles. The van der Waals surface area contributed by atoms with Crippen LogP contribution >= 0.6 is 11.8 Å². The highest BCUT2D eigenvalue weighted by molar-refractivity contribution is 7.99. The van der Waals surface area contributed by atoms with Crippen molar-refractivity contribution in [3.05, 3.63) is 24.3 Å². The van der Waals surface area contributed by atoms with Gasteiger partial charge in [0, 0.05) is 30.1 Å². The average molecular weight is 197 g/mol. The van der Waals surface area contributed by atoms with Crippen LogP contribution < -0.4 is 5.73 Å². The van der Waals surface area contributed by atoms with Crippen LogP contribution in [0.4, 0.5) is 5.69 Å². The van der Waals surface area contributed by atoms with Gasteiger partial charge in [-0.1, -0.05) is 6.07 Å². The Kier molecular flexibility index (Phi) is 4.72. The minimum Gasteiger partial charge on any atom is -0.399 e. The van der Waals surface area contributed by atoms with Gasteiger partial charge < -0.3 is 10.5 Å². The summed E-state index contributed by atoms with van der Waals surface area (Å²) in [6, 6.07) is 7.96. The number of nitrogen functional groups attached to an aromatic ring is 1. The number of hydrogen-bond acceptors (Lipinski definition) is 3. The lowest BCUT2D eigenvalue weighted by molar-refractivity contribution is 0.200. The molecule has 0 atom stereocenters. The molecule has 2 nitrogen and oxygen atoms in total. The molecule has 0 fully saturated rings. The molecule has 0 bridgehead atoms. The minimum atomic E-state index is 0.829. The van der Waals surface area contributed by atoms with Gasteiger partial charge in [0.25, 0.3) is 0 Å². The molecule has 0 amide bonds. The van der Waals surface area contributed by atoms with Crippen LogP contribution in [0.2, 0.25) is 0 Å². The van der Waals surface area contributed by atoms with Crippen molar-refractivity contribution in [3.63, 3.8) is 0 Å². The first-order valence-electron chi connectivity index (χ1n) is 4.30. The molecule has 0 saturated heterocycles. The lowest BCUT2D eigenvalue weighted by atomic mass is 10.3. The molecule has 1 aromatic rings. The normalized spacial score (nSPS) is 10.2. The summed E-state index contributed by atoms with van der Waals surface area (Å²) in [7, 11) is 1.73. The van der Waals surface area contributed by atoms with Crippen molar-refractivity contribution in [2.45, 2.75) is 11.3 Å². The van der Waals surface area contributed by atoms with Crippen LogP contribution in [0.3, 0.4) is 0 Å². The second-order valence-corrected chi connectivity index (χ2v) is 3.94. The fourth-order valence-electron chi connectivity index (χ4n) is 0.998. The summed E-state index contributed by atoms with van der Waals surface area (Å²) in [6.07, 6.45) is 1.08. The van der Waals surface area contributed by atoms with E-state index in [4.69, 9.17) is 10.5 Å². The van der Waals surface area contributed by atoms with Crippen LogP contribution in [0.15, 0.2) is 29.2 Å². The first kappa shape index (κ1) is 10.4. The van der Waals surface area contributed by atoms with Gasteiger partial charge >= 0.3 is 0 Å². The van der Waals surface area contributed by atoms with Crippen LogP contribution in [0, 0.1) is 0 Å². The Labute approximate surface area is 83.5 Å². The van der Waals surface area contributed by atoms with Gasteiger partial charge in [0.2, 0.25) is 0 Å². The SMILES string of the molecule is COCCCSc1cccc(N)c1. The van der Waals surface area contributed by atoms with E-state index in [9.17, 15) is 0 Å². The maximum atomic E-state index is 5.65. The number of nitrogens with two attached hydrogens (primary N) is 1. The van der Waals surface area contributed by atoms with Gasteiger partial charge in [-0.15, -0.1) is 11.8 Å². The van der Waals surface area contributed by atoms with Gasteiger partial charge in [-0.3, -0.25) is 0 Å². The van der Waals surface area contributed by atoms with Crippen LogP contribution in [0.25, 0.3) is 0 Å². The largest absolute Gasteiger partial charge is 0.399 e. The number of anilines is 1. The zero-order valence-corrected chi connectivity index (χ0v) is 8.64. The summed E-state index contributed by atoms with van der Waals surface area (Å²) < 4.78 is 4.97. The Morgan fingerprint density at radius 3 is 3.00 bits per heavy atom. The molecule has 0 heterocycles. The standard InChI is InChI=1S/C10H15NOS/c1-12-6-3-7-13-10-5-2-4-9(11)8-10/h2,4-5,8H,3,6-7,11H2,1H3. The summed E-state index contributed by atoms with van der Waals surface area (Å²) >= 11 is 1.81. The highest BCUT2D eigenvalue weighted by Gasteiger charge is 1.93. The molecule has 0 aliphatic carbocycles. The molecule has 13 heavy (non-hydrogen) atoms. The van der Waals surface area contributed by atoms with Gasteiger partial charge in [-0.05, 0) is 24.6 Å². The Bertz CT molecular complexity index is 252. The molecule has 72 valence electrons. The molecule has 0 aliphatic heterocycles. The molecular formula is C10H15NOS. The number of benzene rings is 1. The Morgan fingerprint density at radius 1 is 1.46 bits per heavy atom. The van der Waals surface area contributed by atoms with Crippen molar-refractivity contribution in [2.24, 2.45) is 0 Å². The predicted octanol–water partition coefficient (Wildman–Crippen LogP) is 2.40. The fourth-order valence-corrected chi connectivity index (χ4v) is 1.89. The van der Waals surface area contributed by atoms with Crippen molar-refractivity contribution in [2.75, 3.05) is 25.2 Å². The Morgan fingerprint density at radius 2 is 2.31 bits per heavy atom. The van der Waals surface area contributed by atoms with Gasteiger partial charge in [-0.2, -0.15) is 0 Å². The molecule has 0 aromatic heterocycles. The topological polar surface area (TPSA) is 35.2 Å². The lowest BCUT2D eigenvalue weighted by Gasteiger charge is -2.01. The first-order chi connectivity index (χ1) is 6.33. The number of ether oxygens (including phenoxy) is 1. The van der Waals surface area contributed by atoms with E-state index in [2.05, 4.69) is 6.07 Å². The molecule has 2 N–H and O–H groups in total. The maximum Gasteiger partial charge on any atom is 0.0470 e. The summed E-state index contributed by atoms with van der Waals surface area (Å²) in [6.45, 7) is 0.829.